The Hall–Kier alpha value is -3.19. The number of carbonyl (C=O) groups is 1. The molecule has 1 aromatic heterocycles. The number of aliphatic hydroxyl groups is 1. The van der Waals surface area contributed by atoms with Gasteiger partial charge in [0.2, 0.25) is 0 Å². The molecule has 11 nitrogen and oxygen atoms in total. The summed E-state index contributed by atoms with van der Waals surface area (Å²) in [5.74, 6) is -0.675. The fourth-order valence-corrected chi connectivity index (χ4v) is 9.11. The molecule has 1 aromatic carbocycles. The van der Waals surface area contributed by atoms with Gasteiger partial charge in [0.15, 0.2) is 13.9 Å². The molecule has 42 heavy (non-hydrogen) atoms. The van der Waals surface area contributed by atoms with Gasteiger partial charge in [-0.2, -0.15) is 0 Å². The van der Waals surface area contributed by atoms with Gasteiger partial charge in [-0.3, -0.25) is 19.6 Å². The van der Waals surface area contributed by atoms with Crippen molar-refractivity contribution in [2.75, 3.05) is 18.1 Å². The van der Waals surface area contributed by atoms with Gasteiger partial charge in [0.25, 0.3) is 11.6 Å². The largest absolute Gasteiger partial charge is 0.432 e. The zero-order chi connectivity index (χ0) is 30.8. The summed E-state index contributed by atoms with van der Waals surface area (Å²) in [5.41, 5.74) is 2.32. The third-order valence-electron chi connectivity index (χ3n) is 8.49. The van der Waals surface area contributed by atoms with Crippen LogP contribution in [0.5, 0.6) is 0 Å². The number of nitro benzene ring substituents is 1. The SMILES string of the molecule is CC(C)=CCC/C(C)=C/CN1C(=O)[C@]2(O[C@H](CCn3cc(CCO)nn3)[C@@H]([Si](C)(C)O)[C@@H]2C)c2cc([N+](=O)[O-])ccc21. The number of aliphatic hydroxyl groups excluding tert-OH is 1. The van der Waals surface area contributed by atoms with Gasteiger partial charge in [0, 0.05) is 61.5 Å². The van der Waals surface area contributed by atoms with Gasteiger partial charge in [-0.25, -0.2) is 0 Å². The van der Waals surface area contributed by atoms with Crippen LogP contribution in [-0.4, -0.2) is 63.3 Å². The maximum Gasteiger partial charge on any atom is 0.269 e. The van der Waals surface area contributed by atoms with Crippen LogP contribution >= 0.6 is 0 Å². The molecule has 1 saturated heterocycles. The summed E-state index contributed by atoms with van der Waals surface area (Å²) < 4.78 is 8.45. The Morgan fingerprint density at radius 1 is 1.26 bits per heavy atom. The lowest BCUT2D eigenvalue weighted by molar-refractivity contribution is -0.385. The van der Waals surface area contributed by atoms with Crippen molar-refractivity contribution >= 4 is 25.6 Å². The summed E-state index contributed by atoms with van der Waals surface area (Å²) in [5, 5.41) is 29.2. The third-order valence-corrected chi connectivity index (χ3v) is 11.0. The van der Waals surface area contributed by atoms with Crippen molar-refractivity contribution in [1.29, 1.82) is 0 Å². The van der Waals surface area contributed by atoms with E-state index in [1.807, 2.05) is 33.0 Å². The molecule has 2 N–H and O–H groups in total. The number of nitro groups is 1. The molecule has 2 aliphatic heterocycles. The topological polar surface area (TPSA) is 144 Å². The minimum atomic E-state index is -2.88. The van der Waals surface area contributed by atoms with Crippen molar-refractivity contribution in [3.63, 3.8) is 0 Å². The number of amides is 1. The molecule has 4 atom stereocenters. The van der Waals surface area contributed by atoms with Gasteiger partial charge in [0.1, 0.15) is 0 Å². The van der Waals surface area contributed by atoms with Crippen molar-refractivity contribution in [2.24, 2.45) is 5.92 Å². The number of rotatable bonds is 12. The minimum absolute atomic E-state index is 0.0226. The predicted octanol–water partition coefficient (Wildman–Crippen LogP) is 4.65. The van der Waals surface area contributed by atoms with Gasteiger partial charge in [0.05, 0.1) is 22.4 Å². The van der Waals surface area contributed by atoms with E-state index < -0.39 is 30.9 Å². The van der Waals surface area contributed by atoms with Crippen LogP contribution in [0.4, 0.5) is 11.4 Å². The molecule has 1 amide bonds. The zero-order valence-electron chi connectivity index (χ0n) is 25.4. The van der Waals surface area contributed by atoms with E-state index in [2.05, 4.69) is 30.2 Å². The third kappa shape index (κ3) is 6.26. The summed E-state index contributed by atoms with van der Waals surface area (Å²) in [4.78, 5) is 38.9. The molecule has 12 heteroatoms. The quantitative estimate of drug-likeness (QED) is 0.156. The number of benzene rings is 1. The monoisotopic (exact) mass is 597 g/mol. The molecule has 2 aliphatic rings. The Kier molecular flexibility index (Phi) is 9.51. The van der Waals surface area contributed by atoms with Gasteiger partial charge in [-0.1, -0.05) is 35.4 Å². The molecule has 0 unspecified atom stereocenters. The fourth-order valence-electron chi connectivity index (χ4n) is 6.50. The van der Waals surface area contributed by atoms with E-state index in [1.165, 1.54) is 17.7 Å². The first kappa shape index (κ1) is 31.7. The van der Waals surface area contributed by atoms with Crippen LogP contribution in [0, 0.1) is 16.0 Å². The molecule has 4 rings (SSSR count). The van der Waals surface area contributed by atoms with E-state index in [9.17, 15) is 24.8 Å². The number of ether oxygens (including phenoxy) is 1. The smallest absolute Gasteiger partial charge is 0.269 e. The van der Waals surface area contributed by atoms with Gasteiger partial charge in [-0.15, -0.1) is 5.10 Å². The second-order valence-electron chi connectivity index (χ2n) is 12.3. The number of nitrogens with zero attached hydrogens (tertiary/aromatic N) is 5. The highest BCUT2D eigenvalue weighted by molar-refractivity contribution is 6.71. The first-order chi connectivity index (χ1) is 19.8. The second kappa shape index (κ2) is 12.6. The first-order valence-corrected chi connectivity index (χ1v) is 17.6. The molecular weight excluding hydrogens is 554 g/mol. The molecule has 3 heterocycles. The maximum absolute atomic E-state index is 14.4. The van der Waals surface area contributed by atoms with Crippen LogP contribution in [0.2, 0.25) is 18.6 Å². The number of aryl methyl sites for hydroxylation is 1. The molecule has 0 aliphatic carbocycles. The van der Waals surface area contributed by atoms with Crippen LogP contribution in [0.25, 0.3) is 0 Å². The highest BCUT2D eigenvalue weighted by Crippen LogP contribution is 2.60. The Morgan fingerprint density at radius 3 is 2.64 bits per heavy atom. The molecule has 0 bridgehead atoms. The van der Waals surface area contributed by atoms with Crippen LogP contribution in [0.1, 0.15) is 58.2 Å². The lowest BCUT2D eigenvalue weighted by Crippen LogP contribution is -2.46. The Bertz CT molecular complexity index is 1380. The fraction of sp³-hybridized carbons (Fsp3) is 0.567. The highest BCUT2D eigenvalue weighted by Gasteiger charge is 2.66. The van der Waals surface area contributed by atoms with E-state index in [-0.39, 0.29) is 23.7 Å². The van der Waals surface area contributed by atoms with Crippen molar-refractivity contribution in [1.82, 2.24) is 15.0 Å². The molecule has 0 saturated carbocycles. The minimum Gasteiger partial charge on any atom is -0.432 e. The van der Waals surface area contributed by atoms with Crippen LogP contribution in [0.3, 0.4) is 0 Å². The number of hydrogen-bond donors (Lipinski definition) is 2. The second-order valence-corrected chi connectivity index (χ2v) is 16.3. The van der Waals surface area contributed by atoms with Crippen LogP contribution < -0.4 is 4.90 Å². The summed E-state index contributed by atoms with van der Waals surface area (Å²) in [7, 11) is -2.88. The summed E-state index contributed by atoms with van der Waals surface area (Å²) in [6, 6.07) is 4.54. The van der Waals surface area contributed by atoms with Gasteiger partial charge in [-0.05, 0) is 59.2 Å². The summed E-state index contributed by atoms with van der Waals surface area (Å²) in [6.45, 7) is 12.5. The van der Waals surface area contributed by atoms with Crippen molar-refractivity contribution in [2.45, 2.75) is 90.3 Å². The van der Waals surface area contributed by atoms with E-state index in [4.69, 9.17) is 4.74 Å². The normalized spacial score (nSPS) is 24.0. The number of anilines is 1. The van der Waals surface area contributed by atoms with Crippen molar-refractivity contribution in [3.8, 4) is 0 Å². The molecule has 0 radical (unpaired) electrons. The highest BCUT2D eigenvalue weighted by atomic mass is 28.4. The summed E-state index contributed by atoms with van der Waals surface area (Å²) >= 11 is 0. The molecule has 2 aromatic rings. The van der Waals surface area contributed by atoms with Gasteiger partial charge < -0.3 is 19.5 Å². The molecule has 1 fully saturated rings. The lowest BCUT2D eigenvalue weighted by atomic mass is 9.82. The number of allylic oxidation sites excluding steroid dienone is 3. The zero-order valence-corrected chi connectivity index (χ0v) is 26.4. The Balaban J connectivity index is 1.69. The van der Waals surface area contributed by atoms with Crippen LogP contribution in [-0.2, 0) is 28.1 Å². The number of fused-ring (bicyclic) bond motifs is 2. The van der Waals surface area contributed by atoms with E-state index >= 15 is 0 Å². The number of carbonyl (C=O) groups excluding carboxylic acids is 1. The van der Waals surface area contributed by atoms with Crippen molar-refractivity contribution in [3.05, 3.63) is 69.1 Å². The standard InChI is InChI=1S/C30H43N5O6Si/c1-20(2)8-7-9-21(3)12-16-34-26-11-10-24(35(38)39)18-25(26)30(29(34)37)22(4)28(42(5,6)40)27(41-30)13-15-33-19-23(14-17-36)31-32-33/h8,10-12,18-19,22,27-28,36,40H,7,9,13-17H2,1-6H3/b21-12+/t22-,27+,28-,30+/m0/s1. The average Bonchev–Trinajstić information content (AvgIpc) is 3.55. The lowest BCUT2D eigenvalue weighted by Gasteiger charge is -2.32. The first-order valence-electron chi connectivity index (χ1n) is 14.6. The molecular formula is C30H43N5O6Si. The van der Waals surface area contributed by atoms with Crippen LogP contribution in [0.15, 0.2) is 47.7 Å². The number of hydrogen-bond acceptors (Lipinski definition) is 8. The molecule has 1 spiro atoms. The van der Waals surface area contributed by atoms with Gasteiger partial charge >= 0.3 is 0 Å². The predicted molar refractivity (Wildman–Crippen MR) is 162 cm³/mol. The maximum atomic E-state index is 14.4. The van der Waals surface area contributed by atoms with Crippen molar-refractivity contribution < 1.29 is 24.4 Å². The summed E-state index contributed by atoms with van der Waals surface area (Å²) in [6.07, 6.45) is 8.17. The average molecular weight is 598 g/mol. The van der Waals surface area contributed by atoms with E-state index in [0.717, 1.165) is 18.4 Å². The number of aromatic nitrogens is 3. The Morgan fingerprint density at radius 2 is 2.00 bits per heavy atom. The van der Waals surface area contributed by atoms with E-state index in [1.54, 1.807) is 21.8 Å². The van der Waals surface area contributed by atoms with E-state index in [0.29, 0.717) is 42.9 Å². The number of non-ortho nitro benzene ring substituents is 1. The molecule has 228 valence electrons. The Labute approximate surface area is 248 Å².